The molecule has 0 fully saturated rings. The van der Waals surface area contributed by atoms with Gasteiger partial charge in [-0.05, 0) is 42.8 Å². The number of carbonyl (C=O) groups excluding carboxylic acids is 2. The maximum absolute atomic E-state index is 12.5. The van der Waals surface area contributed by atoms with Crippen LogP contribution >= 0.6 is 0 Å². The summed E-state index contributed by atoms with van der Waals surface area (Å²) in [7, 11) is 0. The van der Waals surface area contributed by atoms with Gasteiger partial charge in [0.1, 0.15) is 12.2 Å². The Morgan fingerprint density at radius 2 is 1.91 bits per heavy atom. The van der Waals surface area contributed by atoms with Crippen molar-refractivity contribution in [3.8, 4) is 22.4 Å². The van der Waals surface area contributed by atoms with Gasteiger partial charge in [-0.2, -0.15) is 13.2 Å². The number of hydroxylamine groups is 1. The third-order valence-electron chi connectivity index (χ3n) is 4.91. The molecule has 0 radical (unpaired) electrons. The Balaban J connectivity index is 1.64. The lowest BCUT2D eigenvalue weighted by Crippen LogP contribution is -2.43. The minimum atomic E-state index is -4.62. The first-order valence-electron chi connectivity index (χ1n) is 10.0. The Hall–Kier alpha value is -4.41. The summed E-state index contributed by atoms with van der Waals surface area (Å²) >= 11 is 0. The molecule has 0 saturated heterocycles. The van der Waals surface area contributed by atoms with Crippen LogP contribution in [0.25, 0.3) is 28.0 Å². The molecule has 0 aliphatic carbocycles. The molecule has 4 aromatic rings. The van der Waals surface area contributed by atoms with Crippen LogP contribution in [-0.2, 0) is 9.63 Å². The molecule has 3 heterocycles. The molecule has 1 aromatic carbocycles. The van der Waals surface area contributed by atoms with Crippen LogP contribution in [0.4, 0.5) is 23.7 Å². The third-order valence-corrected chi connectivity index (χ3v) is 4.91. The van der Waals surface area contributed by atoms with Crippen LogP contribution in [0, 0.1) is 6.92 Å². The molecule has 2 amide bonds. The molecule has 11 heteroatoms. The number of carbonyl (C=O) groups is 2. The molecule has 4 rings (SSSR count). The van der Waals surface area contributed by atoms with Gasteiger partial charge in [0.05, 0.1) is 17.6 Å². The molecule has 0 atom stereocenters. The summed E-state index contributed by atoms with van der Waals surface area (Å²) in [5.41, 5.74) is 4.74. The fraction of sp³-hybridized carbons (Fsp3) is 0.130. The van der Waals surface area contributed by atoms with Gasteiger partial charge in [-0.25, -0.2) is 9.78 Å². The van der Waals surface area contributed by atoms with Crippen LogP contribution in [0.2, 0.25) is 0 Å². The van der Waals surface area contributed by atoms with E-state index in [0.717, 1.165) is 16.8 Å². The van der Waals surface area contributed by atoms with E-state index in [1.807, 2.05) is 41.8 Å². The van der Waals surface area contributed by atoms with Gasteiger partial charge in [0.25, 0.3) is 0 Å². The normalized spacial score (nSPS) is 11.3. The van der Waals surface area contributed by atoms with E-state index in [1.165, 1.54) is 12.1 Å². The standard InChI is InChI=1S/C23H18F3N5O3/c1-15-5-6-18(11-27-15)16-7-8-30-20(12-28-21(30)10-16)17-3-2-4-19(9-17)31(34-14-32)22(33)29-13-23(24,25)26/h2-12,14H,13H2,1H3,(H,29,33). The maximum Gasteiger partial charge on any atom is 0.405 e. The fourth-order valence-corrected chi connectivity index (χ4v) is 3.32. The average Bonchev–Trinajstić information content (AvgIpc) is 3.24. The smallest absolute Gasteiger partial charge is 0.335 e. The summed E-state index contributed by atoms with van der Waals surface area (Å²) < 4.78 is 39.2. The van der Waals surface area contributed by atoms with Gasteiger partial charge in [0.15, 0.2) is 0 Å². The van der Waals surface area contributed by atoms with E-state index in [4.69, 9.17) is 0 Å². The summed E-state index contributed by atoms with van der Waals surface area (Å²) in [6.07, 6.45) is 0.615. The van der Waals surface area contributed by atoms with Crippen molar-refractivity contribution in [3.63, 3.8) is 0 Å². The molecule has 0 unspecified atom stereocenters. The van der Waals surface area contributed by atoms with Crippen molar-refractivity contribution in [3.05, 3.63) is 72.8 Å². The summed E-state index contributed by atoms with van der Waals surface area (Å²) in [4.78, 5) is 36.4. The van der Waals surface area contributed by atoms with E-state index >= 15 is 0 Å². The SMILES string of the molecule is Cc1ccc(-c2ccn3c(-c4cccc(N(OC=O)C(=O)NCC(F)(F)F)c4)cnc3c2)cn1. The summed E-state index contributed by atoms with van der Waals surface area (Å²) in [5, 5.41) is 2.12. The summed E-state index contributed by atoms with van der Waals surface area (Å²) in [6.45, 7) is 0.287. The number of fused-ring (bicyclic) bond motifs is 1. The molecule has 174 valence electrons. The van der Waals surface area contributed by atoms with Gasteiger partial charge in [-0.1, -0.05) is 18.2 Å². The number of pyridine rings is 2. The Bertz CT molecular complexity index is 1340. The number of hydrogen-bond acceptors (Lipinski definition) is 5. The number of aromatic nitrogens is 3. The Morgan fingerprint density at radius 3 is 2.62 bits per heavy atom. The van der Waals surface area contributed by atoms with Gasteiger partial charge >= 0.3 is 18.7 Å². The molecule has 0 aliphatic heterocycles. The topological polar surface area (TPSA) is 88.8 Å². The van der Waals surface area contributed by atoms with Crippen molar-refractivity contribution < 1.29 is 27.6 Å². The lowest BCUT2D eigenvalue weighted by atomic mass is 10.1. The number of nitrogens with one attached hydrogen (secondary N) is 1. The van der Waals surface area contributed by atoms with Crippen molar-refractivity contribution in [2.24, 2.45) is 0 Å². The minimum Gasteiger partial charge on any atom is -0.335 e. The number of halogens is 3. The van der Waals surface area contributed by atoms with Crippen LogP contribution in [-0.4, -0.2) is 39.6 Å². The Labute approximate surface area is 191 Å². The molecular formula is C23H18F3N5O3. The number of anilines is 1. The van der Waals surface area contributed by atoms with Crippen LogP contribution in [0.5, 0.6) is 0 Å². The van der Waals surface area contributed by atoms with Gasteiger partial charge in [-0.15, -0.1) is 5.06 Å². The van der Waals surface area contributed by atoms with Gasteiger partial charge in [0.2, 0.25) is 0 Å². The van der Waals surface area contributed by atoms with Crippen LogP contribution in [0.3, 0.4) is 0 Å². The molecule has 34 heavy (non-hydrogen) atoms. The fourth-order valence-electron chi connectivity index (χ4n) is 3.32. The highest BCUT2D eigenvalue weighted by Gasteiger charge is 2.30. The first-order valence-corrected chi connectivity index (χ1v) is 10.0. The number of benzene rings is 1. The van der Waals surface area contributed by atoms with Crippen LogP contribution < -0.4 is 10.4 Å². The van der Waals surface area contributed by atoms with Crippen molar-refractivity contribution in [1.82, 2.24) is 19.7 Å². The van der Waals surface area contributed by atoms with Crippen molar-refractivity contribution >= 4 is 23.8 Å². The second-order valence-electron chi connectivity index (χ2n) is 7.30. The molecule has 1 N–H and O–H groups in total. The molecular weight excluding hydrogens is 451 g/mol. The molecule has 8 nitrogen and oxygen atoms in total. The minimum absolute atomic E-state index is 0.0461. The lowest BCUT2D eigenvalue weighted by molar-refractivity contribution is -0.129. The maximum atomic E-state index is 12.5. The third kappa shape index (κ3) is 4.98. The van der Waals surface area contributed by atoms with Crippen molar-refractivity contribution in [2.75, 3.05) is 11.6 Å². The van der Waals surface area contributed by atoms with Gasteiger partial charge in [0, 0.05) is 29.2 Å². The molecule has 0 spiro atoms. The van der Waals surface area contributed by atoms with Gasteiger partial charge < -0.3 is 10.2 Å². The quantitative estimate of drug-likeness (QED) is 0.331. The predicted octanol–water partition coefficient (Wildman–Crippen LogP) is 4.54. The van der Waals surface area contributed by atoms with E-state index in [0.29, 0.717) is 22.0 Å². The highest BCUT2D eigenvalue weighted by Crippen LogP contribution is 2.28. The molecule has 0 saturated carbocycles. The average molecular weight is 469 g/mol. The molecule has 3 aromatic heterocycles. The van der Waals surface area contributed by atoms with E-state index in [1.54, 1.807) is 29.8 Å². The second-order valence-corrected chi connectivity index (χ2v) is 7.30. The van der Waals surface area contributed by atoms with Crippen LogP contribution in [0.15, 0.2) is 67.1 Å². The van der Waals surface area contributed by atoms with Crippen LogP contribution in [0.1, 0.15) is 5.69 Å². The summed E-state index contributed by atoms with van der Waals surface area (Å²) in [6, 6.07) is 12.7. The predicted molar refractivity (Wildman–Crippen MR) is 118 cm³/mol. The first-order chi connectivity index (χ1) is 16.2. The number of aryl methyl sites for hydroxylation is 1. The number of amides is 2. The second kappa shape index (κ2) is 9.22. The zero-order valence-corrected chi connectivity index (χ0v) is 17.8. The van der Waals surface area contributed by atoms with E-state index in [-0.39, 0.29) is 12.2 Å². The summed E-state index contributed by atoms with van der Waals surface area (Å²) in [5.74, 6) is 0. The Morgan fingerprint density at radius 1 is 1.09 bits per heavy atom. The number of rotatable bonds is 6. The van der Waals surface area contributed by atoms with Crippen molar-refractivity contribution in [1.29, 1.82) is 0 Å². The number of hydrogen-bond donors (Lipinski definition) is 1. The zero-order valence-electron chi connectivity index (χ0n) is 17.8. The first kappa shape index (κ1) is 22.8. The number of nitrogens with zero attached hydrogens (tertiary/aromatic N) is 4. The molecule has 0 bridgehead atoms. The number of imidazole rings is 1. The number of alkyl halides is 3. The van der Waals surface area contributed by atoms with E-state index in [9.17, 15) is 22.8 Å². The Kier molecular flexibility index (Phi) is 6.17. The highest BCUT2D eigenvalue weighted by atomic mass is 19.4. The lowest BCUT2D eigenvalue weighted by Gasteiger charge is -2.20. The largest absolute Gasteiger partial charge is 0.405 e. The highest BCUT2D eigenvalue weighted by molar-refractivity contribution is 5.91. The van der Waals surface area contributed by atoms with Gasteiger partial charge in [-0.3, -0.25) is 14.2 Å². The molecule has 0 aliphatic rings. The monoisotopic (exact) mass is 469 g/mol. The van der Waals surface area contributed by atoms with E-state index in [2.05, 4.69) is 14.8 Å². The zero-order chi connectivity index (χ0) is 24.3. The number of urea groups is 1. The van der Waals surface area contributed by atoms with E-state index < -0.39 is 18.8 Å². The van der Waals surface area contributed by atoms with Crippen molar-refractivity contribution in [2.45, 2.75) is 13.1 Å².